The normalized spacial score (nSPS) is 12.5. The molecule has 0 aromatic heterocycles. The van der Waals surface area contributed by atoms with Crippen LogP contribution in [0.3, 0.4) is 0 Å². The molecule has 0 aliphatic carbocycles. The van der Waals surface area contributed by atoms with Crippen LogP contribution in [0.5, 0.6) is 0 Å². The molecule has 70 valence electrons. The number of hydrogen-bond donors (Lipinski definition) is 1. The molecule has 0 radical (unpaired) electrons. The summed E-state index contributed by atoms with van der Waals surface area (Å²) in [6, 6.07) is 4.19. The number of nitro groups is 1. The highest BCUT2D eigenvalue weighted by atomic mass is 35.5. The van der Waals surface area contributed by atoms with Gasteiger partial charge in [-0.15, -0.1) is 0 Å². The Morgan fingerprint density at radius 1 is 1.62 bits per heavy atom. The summed E-state index contributed by atoms with van der Waals surface area (Å²) in [7, 11) is 0. The van der Waals surface area contributed by atoms with E-state index in [0.717, 1.165) is 0 Å². The maximum absolute atomic E-state index is 10.5. The quantitative estimate of drug-likeness (QED) is 0.590. The van der Waals surface area contributed by atoms with Crippen molar-refractivity contribution in [3.8, 4) is 0 Å². The summed E-state index contributed by atoms with van der Waals surface area (Å²) in [6.07, 6.45) is -0.863. The summed E-state index contributed by atoms with van der Waals surface area (Å²) in [5, 5.41) is 20.0. The van der Waals surface area contributed by atoms with Gasteiger partial charge in [0.05, 0.1) is 16.6 Å². The first-order valence-corrected chi connectivity index (χ1v) is 4.02. The van der Waals surface area contributed by atoms with Crippen molar-refractivity contribution >= 4 is 17.3 Å². The van der Waals surface area contributed by atoms with Crippen molar-refractivity contribution in [3.05, 3.63) is 38.9 Å². The number of halogens is 1. The molecule has 0 fully saturated rings. The van der Waals surface area contributed by atoms with Gasteiger partial charge in [-0.05, 0) is 19.1 Å². The van der Waals surface area contributed by atoms with Crippen LogP contribution < -0.4 is 0 Å². The van der Waals surface area contributed by atoms with Gasteiger partial charge in [0, 0.05) is 11.1 Å². The minimum absolute atomic E-state index is 0.150. The summed E-state index contributed by atoms with van der Waals surface area (Å²) in [5.41, 5.74) is 0.122. The number of aliphatic hydroxyl groups excluding tert-OH is 1. The van der Waals surface area contributed by atoms with Gasteiger partial charge in [-0.2, -0.15) is 0 Å². The first kappa shape index (κ1) is 9.95. The number of hydrogen-bond acceptors (Lipinski definition) is 3. The molecule has 1 N–H and O–H groups in total. The van der Waals surface area contributed by atoms with Gasteiger partial charge in [0.15, 0.2) is 0 Å². The Morgan fingerprint density at radius 2 is 2.23 bits per heavy atom. The minimum Gasteiger partial charge on any atom is -0.388 e. The smallest absolute Gasteiger partial charge is 0.276 e. The van der Waals surface area contributed by atoms with Crippen molar-refractivity contribution in [3.63, 3.8) is 0 Å². The lowest BCUT2D eigenvalue weighted by atomic mass is 10.1. The summed E-state index contributed by atoms with van der Waals surface area (Å²) in [6.45, 7) is 1.47. The van der Waals surface area contributed by atoms with E-state index < -0.39 is 11.0 Å². The van der Waals surface area contributed by atoms with Crippen LogP contribution in [0.15, 0.2) is 18.2 Å². The third kappa shape index (κ3) is 2.17. The van der Waals surface area contributed by atoms with E-state index in [0.29, 0.717) is 0 Å². The second-order valence-electron chi connectivity index (χ2n) is 2.64. The summed E-state index contributed by atoms with van der Waals surface area (Å²) < 4.78 is 0. The number of benzene rings is 1. The molecule has 1 atom stereocenters. The zero-order valence-electron chi connectivity index (χ0n) is 6.90. The summed E-state index contributed by atoms with van der Waals surface area (Å²) in [5.74, 6) is 0. The van der Waals surface area contributed by atoms with Crippen LogP contribution in [-0.2, 0) is 0 Å². The van der Waals surface area contributed by atoms with Gasteiger partial charge in [-0.25, -0.2) is 0 Å². The van der Waals surface area contributed by atoms with Gasteiger partial charge >= 0.3 is 0 Å². The molecule has 5 heteroatoms. The number of rotatable bonds is 2. The zero-order valence-corrected chi connectivity index (χ0v) is 7.65. The molecule has 13 heavy (non-hydrogen) atoms. The van der Waals surface area contributed by atoms with Gasteiger partial charge in [0.2, 0.25) is 0 Å². The highest BCUT2D eigenvalue weighted by Gasteiger charge is 2.17. The van der Waals surface area contributed by atoms with Crippen LogP contribution in [0.4, 0.5) is 5.69 Å². The highest BCUT2D eigenvalue weighted by molar-refractivity contribution is 6.30. The molecule has 1 rings (SSSR count). The van der Waals surface area contributed by atoms with Crippen molar-refractivity contribution in [2.45, 2.75) is 13.0 Å². The molecule has 0 saturated carbocycles. The van der Waals surface area contributed by atoms with Gasteiger partial charge in [0.1, 0.15) is 0 Å². The lowest BCUT2D eigenvalue weighted by Crippen LogP contribution is -1.98. The van der Waals surface area contributed by atoms with Crippen molar-refractivity contribution < 1.29 is 10.0 Å². The van der Waals surface area contributed by atoms with Crippen molar-refractivity contribution in [1.82, 2.24) is 0 Å². The third-order valence-electron chi connectivity index (χ3n) is 1.64. The molecule has 1 aromatic rings. The molecule has 1 aromatic carbocycles. The van der Waals surface area contributed by atoms with Crippen molar-refractivity contribution in [1.29, 1.82) is 0 Å². The Bertz CT molecular complexity index is 338. The van der Waals surface area contributed by atoms with E-state index in [1.165, 1.54) is 25.1 Å². The third-order valence-corrected chi connectivity index (χ3v) is 1.87. The van der Waals surface area contributed by atoms with Crippen LogP contribution in [0.1, 0.15) is 18.6 Å². The van der Waals surface area contributed by atoms with Crippen LogP contribution >= 0.6 is 11.6 Å². The van der Waals surface area contributed by atoms with Crippen LogP contribution in [0.25, 0.3) is 0 Å². The first-order valence-electron chi connectivity index (χ1n) is 3.64. The molecular weight excluding hydrogens is 194 g/mol. The number of aliphatic hydroxyl groups is 1. The Hall–Kier alpha value is -1.13. The zero-order chi connectivity index (χ0) is 10.0. The van der Waals surface area contributed by atoms with Crippen molar-refractivity contribution in [2.24, 2.45) is 0 Å². The SMILES string of the molecule is C[C@H](O)c1ccc(Cl)cc1[N+](=O)[O-]. The van der Waals surface area contributed by atoms with E-state index in [2.05, 4.69) is 0 Å². The number of nitrogens with zero attached hydrogens (tertiary/aromatic N) is 1. The Balaban J connectivity index is 3.27. The van der Waals surface area contributed by atoms with E-state index in [1.54, 1.807) is 0 Å². The van der Waals surface area contributed by atoms with Crippen molar-refractivity contribution in [2.75, 3.05) is 0 Å². The molecule has 4 nitrogen and oxygen atoms in total. The summed E-state index contributed by atoms with van der Waals surface area (Å²) >= 11 is 5.58. The standard InChI is InChI=1S/C8H8ClNO3/c1-5(11)7-3-2-6(9)4-8(7)10(12)13/h2-5,11H,1H3/t5-/m0/s1. The first-order chi connectivity index (χ1) is 6.02. The van der Waals surface area contributed by atoms with Gasteiger partial charge in [0.25, 0.3) is 5.69 Å². The van der Waals surface area contributed by atoms with Crippen LogP contribution in [0.2, 0.25) is 5.02 Å². The molecular formula is C8H8ClNO3. The largest absolute Gasteiger partial charge is 0.388 e. The van der Waals surface area contributed by atoms with Gasteiger partial charge < -0.3 is 5.11 Å². The Morgan fingerprint density at radius 3 is 2.69 bits per heavy atom. The second kappa shape index (κ2) is 3.72. The Kier molecular flexibility index (Phi) is 2.85. The molecule has 0 amide bonds. The lowest BCUT2D eigenvalue weighted by Gasteiger charge is -2.05. The Labute approximate surface area is 79.9 Å². The average Bonchev–Trinajstić information content (AvgIpc) is 2.03. The molecule has 0 aliphatic heterocycles. The van der Waals surface area contributed by atoms with E-state index in [9.17, 15) is 15.2 Å². The van der Waals surface area contributed by atoms with Crippen LogP contribution in [-0.4, -0.2) is 10.0 Å². The van der Waals surface area contributed by atoms with E-state index in [4.69, 9.17) is 11.6 Å². The monoisotopic (exact) mass is 201 g/mol. The van der Waals surface area contributed by atoms with E-state index in [1.807, 2.05) is 0 Å². The highest BCUT2D eigenvalue weighted by Crippen LogP contribution is 2.27. The van der Waals surface area contributed by atoms with E-state index >= 15 is 0 Å². The fourth-order valence-corrected chi connectivity index (χ4v) is 1.19. The molecule has 0 aliphatic rings. The summed E-state index contributed by atoms with van der Waals surface area (Å²) in [4.78, 5) is 9.95. The molecule has 0 bridgehead atoms. The lowest BCUT2D eigenvalue weighted by molar-refractivity contribution is -0.386. The van der Waals surface area contributed by atoms with E-state index in [-0.39, 0.29) is 16.3 Å². The fourth-order valence-electron chi connectivity index (χ4n) is 1.03. The molecule has 0 heterocycles. The van der Waals surface area contributed by atoms with Gasteiger partial charge in [-0.1, -0.05) is 11.6 Å². The molecule has 0 unspecified atom stereocenters. The molecule has 0 saturated heterocycles. The molecule has 0 spiro atoms. The number of nitro benzene ring substituents is 1. The second-order valence-corrected chi connectivity index (χ2v) is 3.07. The maximum Gasteiger partial charge on any atom is 0.276 e. The predicted octanol–water partition coefficient (Wildman–Crippen LogP) is 2.30. The maximum atomic E-state index is 10.5. The minimum atomic E-state index is -0.863. The average molecular weight is 202 g/mol. The predicted molar refractivity (Wildman–Crippen MR) is 48.7 cm³/mol. The topological polar surface area (TPSA) is 63.4 Å². The van der Waals surface area contributed by atoms with Gasteiger partial charge in [-0.3, -0.25) is 10.1 Å². The van der Waals surface area contributed by atoms with Crippen LogP contribution in [0, 0.1) is 10.1 Å². The fraction of sp³-hybridized carbons (Fsp3) is 0.250.